The van der Waals surface area contributed by atoms with E-state index < -0.39 is 17.6 Å². The van der Waals surface area contributed by atoms with E-state index in [1.54, 1.807) is 23.2 Å². The number of amides is 4. The van der Waals surface area contributed by atoms with E-state index in [1.807, 2.05) is 11.4 Å². The van der Waals surface area contributed by atoms with E-state index in [1.165, 1.54) is 0 Å². The summed E-state index contributed by atoms with van der Waals surface area (Å²) in [6.07, 6.45) is 5.51. The average molecular weight is 361 g/mol. The normalized spacial score (nSPS) is 27.4. The van der Waals surface area contributed by atoms with Crippen LogP contribution in [-0.2, 0) is 21.5 Å². The first-order valence-electron chi connectivity index (χ1n) is 9.06. The lowest BCUT2D eigenvalue weighted by atomic mass is 9.80. The zero-order valence-corrected chi connectivity index (χ0v) is 15.2. The van der Waals surface area contributed by atoms with E-state index in [-0.39, 0.29) is 11.8 Å². The number of nitrogens with zero attached hydrogens (tertiary/aromatic N) is 2. The number of hydrogen-bond acceptors (Lipinski definition) is 4. The van der Waals surface area contributed by atoms with Crippen LogP contribution in [0.15, 0.2) is 11.4 Å². The van der Waals surface area contributed by atoms with Gasteiger partial charge in [0.25, 0.3) is 5.91 Å². The van der Waals surface area contributed by atoms with Crippen molar-refractivity contribution in [2.45, 2.75) is 57.0 Å². The number of aryl methyl sites for hydroxylation is 1. The highest BCUT2D eigenvalue weighted by Crippen LogP contribution is 2.42. The quantitative estimate of drug-likeness (QED) is 0.821. The lowest BCUT2D eigenvalue weighted by Crippen LogP contribution is -2.52. The molecule has 4 amide bonds. The van der Waals surface area contributed by atoms with Crippen molar-refractivity contribution >= 4 is 29.2 Å². The van der Waals surface area contributed by atoms with E-state index >= 15 is 0 Å². The molecule has 2 saturated heterocycles. The van der Waals surface area contributed by atoms with Crippen LogP contribution < -0.4 is 5.32 Å². The molecule has 2 fully saturated rings. The fourth-order valence-electron chi connectivity index (χ4n) is 4.35. The summed E-state index contributed by atoms with van der Waals surface area (Å²) in [6, 6.07) is 0.744. The molecule has 1 aromatic rings. The summed E-state index contributed by atoms with van der Waals surface area (Å²) in [7, 11) is 0. The van der Waals surface area contributed by atoms with Gasteiger partial charge in [-0.2, -0.15) is 0 Å². The lowest BCUT2D eigenvalue weighted by molar-refractivity contribution is -0.143. The number of nitrogens with one attached hydrogen (secondary N) is 1. The predicted octanol–water partition coefficient (Wildman–Crippen LogP) is 2.23. The van der Waals surface area contributed by atoms with Crippen LogP contribution in [-0.4, -0.2) is 46.8 Å². The molecule has 2 aliphatic heterocycles. The maximum absolute atomic E-state index is 13.3. The Bertz CT molecular complexity index is 725. The Morgan fingerprint density at radius 2 is 2.00 bits per heavy atom. The highest BCUT2D eigenvalue weighted by molar-refractivity contribution is 7.10. The van der Waals surface area contributed by atoms with E-state index in [2.05, 4.69) is 5.32 Å². The summed E-state index contributed by atoms with van der Waals surface area (Å²) in [5.41, 5.74) is -0.0524. The minimum absolute atomic E-state index is 0.124. The van der Waals surface area contributed by atoms with Gasteiger partial charge in [-0.3, -0.25) is 9.59 Å². The van der Waals surface area contributed by atoms with Crippen molar-refractivity contribution in [3.63, 3.8) is 0 Å². The molecule has 0 unspecified atom stereocenters. The SMILES string of the molecule is C[C@@H](C(=O)N1CCCCC1)N1C(=O)N[C@@]2(CCCc3sccc32)C1=O. The van der Waals surface area contributed by atoms with Crippen LogP contribution in [0.4, 0.5) is 4.79 Å². The van der Waals surface area contributed by atoms with Crippen molar-refractivity contribution in [2.75, 3.05) is 13.1 Å². The third-order valence-electron chi connectivity index (χ3n) is 5.70. The first kappa shape index (κ1) is 16.6. The second-order valence-corrected chi connectivity index (χ2v) is 8.18. The highest BCUT2D eigenvalue weighted by atomic mass is 32.1. The summed E-state index contributed by atoms with van der Waals surface area (Å²) >= 11 is 1.63. The monoisotopic (exact) mass is 361 g/mol. The molecule has 25 heavy (non-hydrogen) atoms. The van der Waals surface area contributed by atoms with Crippen LogP contribution in [0, 0.1) is 0 Å². The molecule has 6 nitrogen and oxygen atoms in total. The molecular weight excluding hydrogens is 338 g/mol. The average Bonchev–Trinajstić information content (AvgIpc) is 3.20. The van der Waals surface area contributed by atoms with Crippen LogP contribution in [0.2, 0.25) is 0 Å². The first-order valence-corrected chi connectivity index (χ1v) is 9.94. The van der Waals surface area contributed by atoms with Gasteiger partial charge < -0.3 is 10.2 Å². The largest absolute Gasteiger partial charge is 0.341 e. The van der Waals surface area contributed by atoms with Gasteiger partial charge in [0.15, 0.2) is 0 Å². The summed E-state index contributed by atoms with van der Waals surface area (Å²) in [6.45, 7) is 3.10. The number of imide groups is 1. The molecule has 2 atom stereocenters. The molecule has 4 rings (SSSR count). The van der Waals surface area contributed by atoms with Crippen LogP contribution in [0.1, 0.15) is 49.5 Å². The van der Waals surface area contributed by atoms with Crippen LogP contribution >= 0.6 is 11.3 Å². The molecule has 1 aliphatic carbocycles. The van der Waals surface area contributed by atoms with Crippen LogP contribution in [0.3, 0.4) is 0 Å². The van der Waals surface area contributed by atoms with Gasteiger partial charge in [-0.1, -0.05) is 0 Å². The molecule has 0 radical (unpaired) electrons. The van der Waals surface area contributed by atoms with Crippen molar-refractivity contribution in [1.82, 2.24) is 15.1 Å². The second kappa shape index (κ2) is 6.12. The number of carbonyl (C=O) groups excluding carboxylic acids is 3. The predicted molar refractivity (Wildman–Crippen MR) is 94.2 cm³/mol. The molecule has 1 N–H and O–H groups in total. The number of rotatable bonds is 2. The van der Waals surface area contributed by atoms with Crippen molar-refractivity contribution in [3.8, 4) is 0 Å². The first-order chi connectivity index (χ1) is 12.0. The van der Waals surface area contributed by atoms with Gasteiger partial charge in [-0.05, 0) is 56.9 Å². The summed E-state index contributed by atoms with van der Waals surface area (Å²) < 4.78 is 0. The molecule has 0 aromatic carbocycles. The molecule has 1 aromatic heterocycles. The molecule has 3 aliphatic rings. The molecule has 1 spiro atoms. The smallest absolute Gasteiger partial charge is 0.326 e. The molecular formula is C18H23N3O3S. The fourth-order valence-corrected chi connectivity index (χ4v) is 5.35. The van der Waals surface area contributed by atoms with Crippen molar-refractivity contribution in [3.05, 3.63) is 21.9 Å². The van der Waals surface area contributed by atoms with Crippen LogP contribution in [0.25, 0.3) is 0 Å². The number of carbonyl (C=O) groups is 3. The number of piperidine rings is 1. The Labute approximate surface area is 151 Å². The molecule has 3 heterocycles. The molecule has 134 valence electrons. The van der Waals surface area contributed by atoms with Gasteiger partial charge in [-0.15, -0.1) is 11.3 Å². The summed E-state index contributed by atoms with van der Waals surface area (Å²) in [4.78, 5) is 42.8. The maximum atomic E-state index is 13.3. The van der Waals surface area contributed by atoms with E-state index in [0.717, 1.165) is 47.4 Å². The van der Waals surface area contributed by atoms with Gasteiger partial charge in [-0.25, -0.2) is 9.69 Å². The minimum atomic E-state index is -0.971. The third kappa shape index (κ3) is 2.47. The maximum Gasteiger partial charge on any atom is 0.326 e. The molecule has 7 heteroatoms. The Balaban J connectivity index is 1.61. The third-order valence-corrected chi connectivity index (χ3v) is 6.68. The van der Waals surface area contributed by atoms with Gasteiger partial charge in [0.1, 0.15) is 11.6 Å². The summed E-state index contributed by atoms with van der Waals surface area (Å²) in [5.74, 6) is -0.392. The van der Waals surface area contributed by atoms with Crippen LogP contribution in [0.5, 0.6) is 0 Å². The number of thiophene rings is 1. The lowest BCUT2D eigenvalue weighted by Gasteiger charge is -2.33. The number of urea groups is 1. The summed E-state index contributed by atoms with van der Waals surface area (Å²) in [5, 5.41) is 4.90. The zero-order chi connectivity index (χ0) is 17.6. The fraction of sp³-hybridized carbons (Fsp3) is 0.611. The Morgan fingerprint density at radius 3 is 2.76 bits per heavy atom. The zero-order valence-electron chi connectivity index (χ0n) is 14.4. The topological polar surface area (TPSA) is 69.7 Å². The minimum Gasteiger partial charge on any atom is -0.341 e. The van der Waals surface area contributed by atoms with Gasteiger partial charge in [0, 0.05) is 23.5 Å². The van der Waals surface area contributed by atoms with Gasteiger partial charge in [0.05, 0.1) is 0 Å². The Hall–Kier alpha value is -1.89. The number of likely N-dealkylation sites (tertiary alicyclic amines) is 1. The van der Waals surface area contributed by atoms with Crippen molar-refractivity contribution in [2.24, 2.45) is 0 Å². The highest BCUT2D eigenvalue weighted by Gasteiger charge is 2.56. The van der Waals surface area contributed by atoms with E-state index in [9.17, 15) is 14.4 Å². The second-order valence-electron chi connectivity index (χ2n) is 7.18. The molecule has 0 saturated carbocycles. The van der Waals surface area contributed by atoms with Crippen molar-refractivity contribution in [1.29, 1.82) is 0 Å². The van der Waals surface area contributed by atoms with E-state index in [4.69, 9.17) is 0 Å². The van der Waals surface area contributed by atoms with Gasteiger partial charge in [0.2, 0.25) is 5.91 Å². The number of hydrogen-bond donors (Lipinski definition) is 1. The standard InChI is InChI=1S/C18H23N3O3S/c1-12(15(22)20-9-3-2-4-10-20)21-16(23)18(19-17(21)24)8-5-6-14-13(18)7-11-25-14/h7,11-12H,2-6,8-10H2,1H3,(H,19,24)/t12-,18+/m0/s1. The Morgan fingerprint density at radius 1 is 1.24 bits per heavy atom. The van der Waals surface area contributed by atoms with Gasteiger partial charge >= 0.3 is 6.03 Å². The molecule has 0 bridgehead atoms. The Kier molecular flexibility index (Phi) is 4.06. The van der Waals surface area contributed by atoms with E-state index in [0.29, 0.717) is 19.5 Å². The number of fused-ring (bicyclic) bond motifs is 2. The van der Waals surface area contributed by atoms with Crippen molar-refractivity contribution < 1.29 is 14.4 Å².